The molecular weight excluding hydrogens is 294 g/mol. The van der Waals surface area contributed by atoms with Gasteiger partial charge in [-0.1, -0.05) is 0 Å². The van der Waals surface area contributed by atoms with Crippen LogP contribution >= 0.6 is 23.1 Å². The summed E-state index contributed by atoms with van der Waals surface area (Å²) in [4.78, 5) is 16.3. The molecule has 0 bridgehead atoms. The van der Waals surface area contributed by atoms with E-state index in [9.17, 15) is 10.0 Å². The van der Waals surface area contributed by atoms with Crippen molar-refractivity contribution in [2.24, 2.45) is 0 Å². The number of Topliss-reactive ketones (excluding diaryl/α,β-unsaturated/α-hetero) is 1. The van der Waals surface area contributed by atoms with Gasteiger partial charge in [-0.15, -0.1) is 11.3 Å². The van der Waals surface area contributed by atoms with Gasteiger partial charge in [0.15, 0.2) is 17.9 Å². The second-order valence-corrected chi connectivity index (χ2v) is 5.89. The van der Waals surface area contributed by atoms with Crippen molar-refractivity contribution in [3.8, 4) is 6.07 Å². The molecule has 0 spiro atoms. The normalized spacial score (nSPS) is 11.8. The van der Waals surface area contributed by atoms with E-state index in [1.165, 1.54) is 17.5 Å². The molecule has 0 amide bonds. The molecule has 0 radical (unpaired) electrons. The molecule has 0 N–H and O–H groups in total. The zero-order chi connectivity index (χ0) is 14.5. The van der Waals surface area contributed by atoms with Gasteiger partial charge in [-0.05, 0) is 24.8 Å². The van der Waals surface area contributed by atoms with Crippen LogP contribution in [0.25, 0.3) is 0 Å². The van der Waals surface area contributed by atoms with Gasteiger partial charge in [-0.2, -0.15) is 9.99 Å². The van der Waals surface area contributed by atoms with E-state index in [0.29, 0.717) is 14.8 Å². The molecule has 2 rings (SSSR count). The Bertz CT molecular complexity index is 664. The van der Waals surface area contributed by atoms with Gasteiger partial charge in [0, 0.05) is 23.2 Å². The molecular formula is C13H11N3O2S2. The van der Waals surface area contributed by atoms with Crippen molar-refractivity contribution in [1.29, 1.82) is 5.26 Å². The van der Waals surface area contributed by atoms with Crippen LogP contribution in [0.4, 0.5) is 0 Å². The van der Waals surface area contributed by atoms with Crippen molar-refractivity contribution in [2.45, 2.75) is 17.9 Å². The summed E-state index contributed by atoms with van der Waals surface area (Å²) in [5.41, 5.74) is 0.797. The molecule has 0 unspecified atom stereocenters. The van der Waals surface area contributed by atoms with Gasteiger partial charge in [0.05, 0.1) is 11.8 Å². The number of aryl methyl sites for hydroxylation is 1. The highest BCUT2D eigenvalue weighted by atomic mass is 32.2. The van der Waals surface area contributed by atoms with Crippen LogP contribution in [-0.4, -0.2) is 16.5 Å². The highest BCUT2D eigenvalue weighted by Gasteiger charge is 2.24. The quantitative estimate of drug-likeness (QED) is 0.480. The summed E-state index contributed by atoms with van der Waals surface area (Å²) in [5.74, 6) is -1.02. The molecule has 0 aliphatic carbocycles. The number of thiazole rings is 1. The molecule has 0 aliphatic heterocycles. The maximum absolute atomic E-state index is 12.1. The van der Waals surface area contributed by atoms with E-state index >= 15 is 0 Å². The molecule has 1 atom stereocenters. The van der Waals surface area contributed by atoms with Crippen molar-refractivity contribution in [3.63, 3.8) is 0 Å². The average molecular weight is 305 g/mol. The summed E-state index contributed by atoms with van der Waals surface area (Å²) < 4.78 is 0.701. The number of hydrogen-bond acceptors (Lipinski definition) is 6. The summed E-state index contributed by atoms with van der Waals surface area (Å²) in [7, 11) is 0. The van der Waals surface area contributed by atoms with Gasteiger partial charge in [0.1, 0.15) is 5.01 Å². The topological polar surface area (TPSA) is 80.7 Å². The first-order chi connectivity index (χ1) is 9.61. The molecule has 2 aromatic heterocycles. The van der Waals surface area contributed by atoms with Crippen molar-refractivity contribution >= 4 is 28.9 Å². The lowest BCUT2D eigenvalue weighted by molar-refractivity contribution is -0.645. The molecule has 0 aliphatic rings. The largest absolute Gasteiger partial charge is 0.618 e. The van der Waals surface area contributed by atoms with Gasteiger partial charge in [0.2, 0.25) is 0 Å². The van der Waals surface area contributed by atoms with Crippen LogP contribution < -0.4 is 4.73 Å². The lowest BCUT2D eigenvalue weighted by Crippen LogP contribution is -2.28. The fraction of sp³-hybridized carbons (Fsp3) is 0.231. The average Bonchev–Trinajstić information content (AvgIpc) is 2.85. The van der Waals surface area contributed by atoms with Crippen LogP contribution in [0.15, 0.2) is 34.8 Å². The Balaban J connectivity index is 2.04. The predicted molar refractivity (Wildman–Crippen MR) is 76.3 cm³/mol. The van der Waals surface area contributed by atoms with Gasteiger partial charge in [-0.3, -0.25) is 4.79 Å². The first-order valence-corrected chi connectivity index (χ1v) is 7.63. The summed E-state index contributed by atoms with van der Waals surface area (Å²) >= 11 is 2.43. The van der Waals surface area contributed by atoms with Crippen LogP contribution in [0.2, 0.25) is 0 Å². The first kappa shape index (κ1) is 14.5. The van der Waals surface area contributed by atoms with Crippen LogP contribution in [-0.2, 0) is 4.79 Å². The van der Waals surface area contributed by atoms with E-state index in [-0.39, 0.29) is 11.5 Å². The van der Waals surface area contributed by atoms with E-state index < -0.39 is 5.92 Å². The summed E-state index contributed by atoms with van der Waals surface area (Å²) in [6.07, 6.45) is 1.37. The van der Waals surface area contributed by atoms with Crippen molar-refractivity contribution in [2.75, 3.05) is 5.75 Å². The first-order valence-electron chi connectivity index (χ1n) is 5.77. The second kappa shape index (κ2) is 6.50. The Morgan fingerprint density at radius 3 is 3.05 bits per heavy atom. The monoisotopic (exact) mass is 305 g/mol. The minimum absolute atomic E-state index is 0.0725. The number of carbonyl (C=O) groups is 1. The maximum atomic E-state index is 12.1. The Hall–Kier alpha value is -1.91. The number of ketones is 1. The number of carbonyl (C=O) groups excluding carboxylic acids is 1. The number of thioether (sulfide) groups is 1. The minimum atomic E-state index is -0.856. The summed E-state index contributed by atoms with van der Waals surface area (Å²) in [6, 6.07) is 6.97. The summed E-state index contributed by atoms with van der Waals surface area (Å²) in [6.45, 7) is 1.82. The van der Waals surface area contributed by atoms with E-state index in [4.69, 9.17) is 5.26 Å². The van der Waals surface area contributed by atoms with Gasteiger partial charge in [-0.25, -0.2) is 4.98 Å². The third-order valence-electron chi connectivity index (χ3n) is 2.49. The van der Waals surface area contributed by atoms with Crippen molar-refractivity contribution in [1.82, 2.24) is 4.98 Å². The van der Waals surface area contributed by atoms with E-state index in [2.05, 4.69) is 4.98 Å². The number of rotatable bonds is 5. The molecule has 2 heterocycles. The Kier molecular flexibility index (Phi) is 4.71. The Morgan fingerprint density at radius 1 is 1.65 bits per heavy atom. The maximum Gasteiger partial charge on any atom is 0.251 e. The number of pyridine rings is 1. The molecule has 0 saturated heterocycles. The smallest absolute Gasteiger partial charge is 0.251 e. The third-order valence-corrected chi connectivity index (χ3v) is 4.55. The molecule has 5 nitrogen and oxygen atoms in total. The van der Waals surface area contributed by atoms with Crippen LogP contribution in [0, 0.1) is 23.5 Å². The highest BCUT2D eigenvalue weighted by Crippen LogP contribution is 2.23. The van der Waals surface area contributed by atoms with Crippen LogP contribution in [0.1, 0.15) is 16.6 Å². The third kappa shape index (κ3) is 3.35. The lowest BCUT2D eigenvalue weighted by Gasteiger charge is -2.05. The van der Waals surface area contributed by atoms with Crippen molar-refractivity contribution in [3.05, 3.63) is 45.7 Å². The fourth-order valence-corrected chi connectivity index (χ4v) is 3.20. The molecule has 0 saturated carbocycles. The van der Waals surface area contributed by atoms with E-state index in [1.807, 2.05) is 18.4 Å². The van der Waals surface area contributed by atoms with Crippen LogP contribution in [0.5, 0.6) is 0 Å². The molecule has 7 heteroatoms. The van der Waals surface area contributed by atoms with Gasteiger partial charge in [0.25, 0.3) is 5.03 Å². The molecule has 102 valence electrons. The number of aromatic nitrogens is 2. The summed E-state index contributed by atoms with van der Waals surface area (Å²) in [5, 5.41) is 23.3. The molecule has 0 aromatic carbocycles. The number of hydrogen-bond donors (Lipinski definition) is 0. The Morgan fingerprint density at radius 2 is 2.45 bits per heavy atom. The lowest BCUT2D eigenvalue weighted by atomic mass is 10.1. The van der Waals surface area contributed by atoms with Crippen molar-refractivity contribution < 1.29 is 9.52 Å². The van der Waals surface area contributed by atoms with Gasteiger partial charge < -0.3 is 5.21 Å². The zero-order valence-electron chi connectivity index (χ0n) is 10.6. The SMILES string of the molecule is Cc1csc([C@@H](C#N)C(=O)CSc2cccc[n+]2[O-])n1. The van der Waals surface area contributed by atoms with E-state index in [1.54, 1.807) is 18.2 Å². The number of nitriles is 1. The molecule has 0 fully saturated rings. The highest BCUT2D eigenvalue weighted by molar-refractivity contribution is 7.99. The fourth-order valence-electron chi connectivity index (χ4n) is 1.52. The predicted octanol–water partition coefficient (Wildman–Crippen LogP) is 2.05. The second-order valence-electron chi connectivity index (χ2n) is 4.01. The standard InChI is InChI=1S/C13H11N3O2S2/c1-9-7-20-13(15-9)10(6-14)11(17)8-19-12-4-2-3-5-16(12)18/h2-5,7,10H,8H2,1H3/t10-/m0/s1. The van der Waals surface area contributed by atoms with E-state index in [0.717, 1.165) is 17.5 Å². The van der Waals surface area contributed by atoms with Gasteiger partial charge >= 0.3 is 0 Å². The number of nitrogens with zero attached hydrogens (tertiary/aromatic N) is 3. The van der Waals surface area contributed by atoms with Crippen LogP contribution in [0.3, 0.4) is 0 Å². The Labute approximate surface area is 124 Å². The zero-order valence-corrected chi connectivity index (χ0v) is 12.3. The minimum Gasteiger partial charge on any atom is -0.618 e. The molecule has 20 heavy (non-hydrogen) atoms. The molecule has 2 aromatic rings.